The molecule has 2 aliphatic rings. The minimum atomic E-state index is -4.66. The molecule has 1 saturated carbocycles. The van der Waals surface area contributed by atoms with Gasteiger partial charge in [-0.05, 0) is 55.3 Å². The Kier molecular flexibility index (Phi) is 8.29. The molecule has 6 nitrogen and oxygen atoms in total. The van der Waals surface area contributed by atoms with E-state index in [2.05, 4.69) is 15.5 Å². The van der Waals surface area contributed by atoms with Crippen LogP contribution in [0.2, 0.25) is 0 Å². The number of aryl methyl sites for hydroxylation is 1. The molecule has 1 heterocycles. The van der Waals surface area contributed by atoms with Crippen molar-refractivity contribution in [1.29, 1.82) is 5.26 Å². The zero-order valence-electron chi connectivity index (χ0n) is 23.0. The highest BCUT2D eigenvalue weighted by atomic mass is 19.4. The van der Waals surface area contributed by atoms with Crippen LogP contribution >= 0.6 is 0 Å². The number of nitrogens with one attached hydrogen (secondary N) is 2. The van der Waals surface area contributed by atoms with Crippen molar-refractivity contribution in [3.8, 4) is 11.8 Å². The standard InChI is InChI=1S/C30H37F3N4O2/c1-28(2)26(29(3,4)27(28)39-23-12-11-22(19-34)24(18-23)30(31,32)33)36-25(38)21-9-7-20(8-10-21)6-5-15-37-16-13-35-14-17-37/h7-12,18,26-27,35H,5-6,13-17H2,1-4H3,(H,36,38). The van der Waals surface area contributed by atoms with Crippen LogP contribution in [0.1, 0.15) is 61.2 Å². The second kappa shape index (κ2) is 11.2. The predicted octanol–water partition coefficient (Wildman–Crippen LogP) is 5.03. The summed E-state index contributed by atoms with van der Waals surface area (Å²) >= 11 is 0. The van der Waals surface area contributed by atoms with Gasteiger partial charge >= 0.3 is 6.18 Å². The van der Waals surface area contributed by atoms with Crippen LogP contribution in [0, 0.1) is 22.2 Å². The quantitative estimate of drug-likeness (QED) is 0.490. The van der Waals surface area contributed by atoms with Crippen LogP contribution in [-0.4, -0.2) is 55.7 Å². The number of alkyl halides is 3. The lowest BCUT2D eigenvalue weighted by molar-refractivity contribution is -0.164. The van der Waals surface area contributed by atoms with Gasteiger partial charge in [0.2, 0.25) is 0 Å². The summed E-state index contributed by atoms with van der Waals surface area (Å²) in [5, 5.41) is 15.6. The van der Waals surface area contributed by atoms with Crippen LogP contribution in [0.4, 0.5) is 13.2 Å². The molecule has 4 rings (SSSR count). The van der Waals surface area contributed by atoms with Gasteiger partial charge in [0.05, 0.1) is 17.2 Å². The van der Waals surface area contributed by atoms with Gasteiger partial charge in [0.15, 0.2) is 0 Å². The number of nitriles is 1. The van der Waals surface area contributed by atoms with E-state index >= 15 is 0 Å². The van der Waals surface area contributed by atoms with Crippen LogP contribution in [0.5, 0.6) is 5.75 Å². The summed E-state index contributed by atoms with van der Waals surface area (Å²) in [5.41, 5.74) is -0.795. The highest BCUT2D eigenvalue weighted by molar-refractivity contribution is 5.94. The molecule has 0 atom stereocenters. The predicted molar refractivity (Wildman–Crippen MR) is 143 cm³/mol. The Labute approximate surface area is 228 Å². The van der Waals surface area contributed by atoms with E-state index in [0.717, 1.165) is 57.7 Å². The molecule has 0 bridgehead atoms. The van der Waals surface area contributed by atoms with E-state index in [1.165, 1.54) is 11.6 Å². The van der Waals surface area contributed by atoms with Gasteiger partial charge in [-0.15, -0.1) is 0 Å². The Balaban J connectivity index is 1.36. The maximum Gasteiger partial charge on any atom is 0.417 e. The number of nitrogens with zero attached hydrogens (tertiary/aromatic N) is 2. The molecule has 2 fully saturated rings. The minimum Gasteiger partial charge on any atom is -0.489 e. The summed E-state index contributed by atoms with van der Waals surface area (Å²) in [7, 11) is 0. The van der Waals surface area contributed by atoms with Gasteiger partial charge in [-0.3, -0.25) is 4.79 Å². The van der Waals surface area contributed by atoms with Gasteiger partial charge in [-0.1, -0.05) is 39.8 Å². The summed E-state index contributed by atoms with van der Waals surface area (Å²) in [4.78, 5) is 15.6. The van der Waals surface area contributed by atoms with Gasteiger partial charge in [-0.25, -0.2) is 0 Å². The van der Waals surface area contributed by atoms with Crippen molar-refractivity contribution in [3.05, 3.63) is 64.7 Å². The largest absolute Gasteiger partial charge is 0.489 e. The molecule has 2 aromatic carbocycles. The van der Waals surface area contributed by atoms with Crippen molar-refractivity contribution in [2.75, 3.05) is 32.7 Å². The number of benzene rings is 2. The normalized spacial score (nSPS) is 22.4. The van der Waals surface area contributed by atoms with Crippen molar-refractivity contribution in [1.82, 2.24) is 15.5 Å². The summed E-state index contributed by atoms with van der Waals surface area (Å²) in [6, 6.07) is 12.4. The number of carbonyl (C=O) groups is 1. The summed E-state index contributed by atoms with van der Waals surface area (Å²) < 4.78 is 46.3. The lowest BCUT2D eigenvalue weighted by Gasteiger charge is -2.63. The van der Waals surface area contributed by atoms with Gasteiger partial charge < -0.3 is 20.3 Å². The molecule has 0 aromatic heterocycles. The Hall–Kier alpha value is -3.09. The first-order valence-electron chi connectivity index (χ1n) is 13.4. The second-order valence-corrected chi connectivity index (χ2v) is 11.8. The summed E-state index contributed by atoms with van der Waals surface area (Å²) in [6.45, 7) is 13.1. The molecular weight excluding hydrogens is 505 g/mol. The average Bonchev–Trinajstić information content (AvgIpc) is 2.90. The zero-order chi connectivity index (χ0) is 28.4. The van der Waals surface area contributed by atoms with E-state index < -0.39 is 34.2 Å². The molecule has 1 amide bonds. The number of amides is 1. The molecule has 210 valence electrons. The lowest BCUT2D eigenvalue weighted by atomic mass is 9.49. The molecule has 1 aliphatic heterocycles. The zero-order valence-corrected chi connectivity index (χ0v) is 23.0. The summed E-state index contributed by atoms with van der Waals surface area (Å²) in [5.74, 6) is -0.144. The molecule has 1 saturated heterocycles. The Bertz CT molecular complexity index is 1200. The number of hydrogen-bond acceptors (Lipinski definition) is 5. The van der Waals surface area contributed by atoms with Crippen LogP contribution in [0.25, 0.3) is 0 Å². The van der Waals surface area contributed by atoms with E-state index in [-0.39, 0.29) is 17.7 Å². The number of rotatable bonds is 8. The van der Waals surface area contributed by atoms with E-state index in [9.17, 15) is 18.0 Å². The topological polar surface area (TPSA) is 77.4 Å². The highest BCUT2D eigenvalue weighted by Gasteiger charge is 2.64. The average molecular weight is 543 g/mol. The number of halogens is 3. The van der Waals surface area contributed by atoms with Crippen molar-refractivity contribution < 1.29 is 22.7 Å². The van der Waals surface area contributed by atoms with E-state index in [1.807, 2.05) is 52.0 Å². The lowest BCUT2D eigenvalue weighted by Crippen LogP contribution is -2.74. The van der Waals surface area contributed by atoms with Gasteiger partial charge in [0.25, 0.3) is 5.91 Å². The van der Waals surface area contributed by atoms with E-state index in [0.29, 0.717) is 5.56 Å². The monoisotopic (exact) mass is 542 g/mol. The molecule has 1 aliphatic carbocycles. The minimum absolute atomic E-state index is 0.0461. The number of hydrogen-bond donors (Lipinski definition) is 2. The molecule has 2 N–H and O–H groups in total. The van der Waals surface area contributed by atoms with E-state index in [1.54, 1.807) is 6.07 Å². The first kappa shape index (κ1) is 28.9. The first-order chi connectivity index (χ1) is 18.3. The fourth-order valence-corrected chi connectivity index (χ4v) is 6.34. The molecular formula is C30H37F3N4O2. The second-order valence-electron chi connectivity index (χ2n) is 11.8. The van der Waals surface area contributed by atoms with Crippen LogP contribution < -0.4 is 15.4 Å². The van der Waals surface area contributed by atoms with Crippen molar-refractivity contribution in [2.45, 2.75) is 58.9 Å². The van der Waals surface area contributed by atoms with Crippen molar-refractivity contribution in [2.24, 2.45) is 10.8 Å². The molecule has 2 aromatic rings. The Morgan fingerprint density at radius 3 is 2.33 bits per heavy atom. The number of ether oxygens (including phenoxy) is 1. The Morgan fingerprint density at radius 2 is 1.74 bits per heavy atom. The van der Waals surface area contributed by atoms with Crippen LogP contribution in [-0.2, 0) is 12.6 Å². The van der Waals surface area contributed by atoms with Gasteiger partial charge in [0.1, 0.15) is 11.9 Å². The maximum atomic E-state index is 13.4. The molecule has 39 heavy (non-hydrogen) atoms. The highest BCUT2D eigenvalue weighted by Crippen LogP contribution is 2.55. The SMILES string of the molecule is CC1(C)C(NC(=O)c2ccc(CCCN3CCNCC3)cc2)C(C)(C)C1Oc1ccc(C#N)c(C(F)(F)F)c1. The third-order valence-corrected chi connectivity index (χ3v) is 8.15. The number of piperazine rings is 1. The molecule has 0 unspecified atom stereocenters. The van der Waals surface area contributed by atoms with Crippen molar-refractivity contribution >= 4 is 5.91 Å². The van der Waals surface area contributed by atoms with Gasteiger partial charge in [0, 0.05) is 48.6 Å². The Morgan fingerprint density at radius 1 is 1.10 bits per heavy atom. The van der Waals surface area contributed by atoms with Crippen LogP contribution in [0.15, 0.2) is 42.5 Å². The molecule has 0 radical (unpaired) electrons. The number of carbonyl (C=O) groups excluding carboxylic acids is 1. The third kappa shape index (κ3) is 6.23. The molecule has 0 spiro atoms. The van der Waals surface area contributed by atoms with E-state index in [4.69, 9.17) is 10.00 Å². The third-order valence-electron chi connectivity index (χ3n) is 8.15. The molecule has 9 heteroatoms. The summed E-state index contributed by atoms with van der Waals surface area (Å²) in [6.07, 6.45) is -3.09. The van der Waals surface area contributed by atoms with Gasteiger partial charge in [-0.2, -0.15) is 18.4 Å². The van der Waals surface area contributed by atoms with Crippen LogP contribution in [0.3, 0.4) is 0 Å². The van der Waals surface area contributed by atoms with Crippen molar-refractivity contribution in [3.63, 3.8) is 0 Å². The smallest absolute Gasteiger partial charge is 0.417 e. The maximum absolute atomic E-state index is 13.4. The fraction of sp³-hybridized carbons (Fsp3) is 0.533. The fourth-order valence-electron chi connectivity index (χ4n) is 6.34. The first-order valence-corrected chi connectivity index (χ1v) is 13.4.